The fourth-order valence-electron chi connectivity index (χ4n) is 3.93. The standard InChI is InChI=1S/C15H19ClFNO/c1-14(2)9-4-5-15(14,3)12(6-9)19-13-11(17)7-10(16)8-18-13/h7-9,12H,4-6H2,1-3H3. The summed E-state index contributed by atoms with van der Waals surface area (Å²) in [6.45, 7) is 6.87. The van der Waals surface area contributed by atoms with E-state index in [0.717, 1.165) is 12.8 Å². The molecule has 2 saturated carbocycles. The van der Waals surface area contributed by atoms with Crippen LogP contribution in [0.4, 0.5) is 4.39 Å². The Hall–Kier alpha value is -0.830. The molecule has 0 aliphatic heterocycles. The van der Waals surface area contributed by atoms with Gasteiger partial charge in [-0.15, -0.1) is 0 Å². The molecule has 0 N–H and O–H groups in total. The Balaban J connectivity index is 1.86. The average Bonchev–Trinajstić information content (AvgIpc) is 2.65. The van der Waals surface area contributed by atoms with Gasteiger partial charge in [-0.3, -0.25) is 0 Å². The third-order valence-electron chi connectivity index (χ3n) is 5.74. The highest BCUT2D eigenvalue weighted by molar-refractivity contribution is 6.30. The SMILES string of the molecule is CC1(C)C2CCC1(C)C(Oc1ncc(Cl)cc1F)C2. The van der Waals surface area contributed by atoms with Gasteiger partial charge in [0.1, 0.15) is 6.10 Å². The van der Waals surface area contributed by atoms with Gasteiger partial charge in [0.15, 0.2) is 5.82 Å². The topological polar surface area (TPSA) is 22.1 Å². The molecule has 2 aliphatic carbocycles. The van der Waals surface area contributed by atoms with Crippen LogP contribution in [-0.2, 0) is 0 Å². The number of aromatic nitrogens is 1. The number of pyridine rings is 1. The van der Waals surface area contributed by atoms with E-state index < -0.39 is 5.82 Å². The largest absolute Gasteiger partial charge is 0.472 e. The normalized spacial score (nSPS) is 35.6. The Labute approximate surface area is 118 Å². The van der Waals surface area contributed by atoms with Gasteiger partial charge in [-0.25, -0.2) is 9.37 Å². The van der Waals surface area contributed by atoms with Crippen molar-refractivity contribution in [2.75, 3.05) is 0 Å². The van der Waals surface area contributed by atoms with Gasteiger partial charge < -0.3 is 4.74 Å². The number of halogens is 2. The second-order valence-corrected chi connectivity index (χ2v) is 7.09. The summed E-state index contributed by atoms with van der Waals surface area (Å²) in [6.07, 6.45) is 4.86. The molecule has 0 radical (unpaired) electrons. The van der Waals surface area contributed by atoms with Crippen LogP contribution < -0.4 is 4.74 Å². The van der Waals surface area contributed by atoms with Crippen molar-refractivity contribution < 1.29 is 9.13 Å². The van der Waals surface area contributed by atoms with Crippen LogP contribution in [-0.4, -0.2) is 11.1 Å². The molecule has 3 rings (SSSR count). The monoisotopic (exact) mass is 283 g/mol. The zero-order chi connectivity index (χ0) is 13.8. The molecular weight excluding hydrogens is 265 g/mol. The van der Waals surface area contributed by atoms with E-state index >= 15 is 0 Å². The average molecular weight is 284 g/mol. The van der Waals surface area contributed by atoms with Crippen molar-refractivity contribution in [2.45, 2.75) is 46.1 Å². The fraction of sp³-hybridized carbons (Fsp3) is 0.667. The first kappa shape index (κ1) is 13.2. The summed E-state index contributed by atoms with van der Waals surface area (Å²) in [5.74, 6) is 0.272. The number of hydrogen-bond acceptors (Lipinski definition) is 2. The lowest BCUT2D eigenvalue weighted by molar-refractivity contribution is 0.0247. The van der Waals surface area contributed by atoms with Gasteiger partial charge in [0.25, 0.3) is 5.88 Å². The minimum Gasteiger partial charge on any atom is -0.472 e. The van der Waals surface area contributed by atoms with E-state index in [9.17, 15) is 4.39 Å². The van der Waals surface area contributed by atoms with Gasteiger partial charge >= 0.3 is 0 Å². The number of nitrogens with zero attached hydrogens (tertiary/aromatic N) is 1. The minimum absolute atomic E-state index is 0.0458. The number of rotatable bonds is 2. The highest BCUT2D eigenvalue weighted by Crippen LogP contribution is 2.66. The van der Waals surface area contributed by atoms with Crippen LogP contribution in [0.2, 0.25) is 5.02 Å². The van der Waals surface area contributed by atoms with Gasteiger partial charge in [-0.2, -0.15) is 0 Å². The Morgan fingerprint density at radius 2 is 2.16 bits per heavy atom. The molecule has 19 heavy (non-hydrogen) atoms. The van der Waals surface area contributed by atoms with Crippen LogP contribution in [0.25, 0.3) is 0 Å². The lowest BCUT2D eigenvalue weighted by Gasteiger charge is -2.38. The van der Waals surface area contributed by atoms with Crippen molar-refractivity contribution in [3.8, 4) is 5.88 Å². The molecule has 2 bridgehead atoms. The van der Waals surface area contributed by atoms with E-state index in [1.54, 1.807) is 0 Å². The maximum atomic E-state index is 13.8. The van der Waals surface area contributed by atoms with Crippen LogP contribution in [0, 0.1) is 22.6 Å². The van der Waals surface area contributed by atoms with Crippen LogP contribution >= 0.6 is 11.6 Å². The molecule has 104 valence electrons. The molecule has 0 spiro atoms. The van der Waals surface area contributed by atoms with E-state index in [2.05, 4.69) is 25.8 Å². The number of fused-ring (bicyclic) bond motifs is 2. The molecule has 3 unspecified atom stereocenters. The molecule has 2 fully saturated rings. The van der Waals surface area contributed by atoms with E-state index in [4.69, 9.17) is 16.3 Å². The molecule has 2 aliphatic rings. The summed E-state index contributed by atoms with van der Waals surface area (Å²) in [6, 6.07) is 1.25. The molecule has 0 aromatic carbocycles. The second kappa shape index (κ2) is 4.08. The first-order chi connectivity index (χ1) is 8.84. The minimum atomic E-state index is -0.475. The quantitative estimate of drug-likeness (QED) is 0.799. The summed E-state index contributed by atoms with van der Waals surface area (Å²) in [7, 11) is 0. The molecule has 3 atom stereocenters. The summed E-state index contributed by atoms with van der Waals surface area (Å²) < 4.78 is 19.7. The second-order valence-electron chi connectivity index (χ2n) is 6.66. The van der Waals surface area contributed by atoms with Crippen molar-refractivity contribution >= 4 is 11.6 Å². The van der Waals surface area contributed by atoms with E-state index in [1.165, 1.54) is 18.7 Å². The molecule has 2 nitrogen and oxygen atoms in total. The summed E-state index contributed by atoms with van der Waals surface area (Å²) >= 11 is 5.71. The van der Waals surface area contributed by atoms with E-state index in [1.807, 2.05) is 0 Å². The molecule has 0 amide bonds. The molecular formula is C15H19ClFNO. The Morgan fingerprint density at radius 3 is 2.68 bits per heavy atom. The highest BCUT2D eigenvalue weighted by Gasteiger charge is 2.62. The lowest BCUT2D eigenvalue weighted by Crippen LogP contribution is -2.39. The zero-order valence-electron chi connectivity index (χ0n) is 11.5. The summed E-state index contributed by atoms with van der Waals surface area (Å²) in [5, 5.41) is 0.296. The Morgan fingerprint density at radius 1 is 1.42 bits per heavy atom. The van der Waals surface area contributed by atoms with Gasteiger partial charge in [-0.05, 0) is 36.7 Å². The van der Waals surface area contributed by atoms with Crippen LogP contribution in [0.1, 0.15) is 40.0 Å². The van der Waals surface area contributed by atoms with E-state index in [0.29, 0.717) is 10.9 Å². The number of hydrogen-bond donors (Lipinski definition) is 0. The molecule has 4 heteroatoms. The zero-order valence-corrected chi connectivity index (χ0v) is 12.3. The molecule has 1 aromatic rings. The van der Waals surface area contributed by atoms with Crippen molar-refractivity contribution in [3.63, 3.8) is 0 Å². The number of ether oxygens (including phenoxy) is 1. The predicted octanol–water partition coefficient (Wildman–Crippen LogP) is 4.47. The third-order valence-corrected chi connectivity index (χ3v) is 5.95. The Kier molecular flexibility index (Phi) is 2.83. The van der Waals surface area contributed by atoms with Gasteiger partial charge in [0.2, 0.25) is 0 Å². The fourth-order valence-corrected chi connectivity index (χ4v) is 4.08. The van der Waals surface area contributed by atoms with Crippen molar-refractivity contribution in [1.82, 2.24) is 4.98 Å². The van der Waals surface area contributed by atoms with Crippen molar-refractivity contribution in [3.05, 3.63) is 23.1 Å². The molecule has 1 heterocycles. The first-order valence-electron chi connectivity index (χ1n) is 6.82. The van der Waals surface area contributed by atoms with Gasteiger partial charge in [0, 0.05) is 11.6 Å². The van der Waals surface area contributed by atoms with Gasteiger partial charge in [-0.1, -0.05) is 32.4 Å². The molecule has 0 saturated heterocycles. The lowest BCUT2D eigenvalue weighted by atomic mass is 9.70. The first-order valence-corrected chi connectivity index (χ1v) is 7.20. The van der Waals surface area contributed by atoms with Gasteiger partial charge in [0.05, 0.1) is 5.02 Å². The van der Waals surface area contributed by atoms with Crippen LogP contribution in [0.3, 0.4) is 0 Å². The predicted molar refractivity (Wildman–Crippen MR) is 72.9 cm³/mol. The Bertz CT molecular complexity index is 519. The maximum Gasteiger partial charge on any atom is 0.250 e. The van der Waals surface area contributed by atoms with Crippen LogP contribution in [0.15, 0.2) is 12.3 Å². The third kappa shape index (κ3) is 1.78. The maximum absolute atomic E-state index is 13.8. The highest BCUT2D eigenvalue weighted by atomic mass is 35.5. The summed E-state index contributed by atoms with van der Waals surface area (Å²) in [4.78, 5) is 3.97. The van der Waals surface area contributed by atoms with Crippen molar-refractivity contribution in [2.24, 2.45) is 16.7 Å². The smallest absolute Gasteiger partial charge is 0.250 e. The van der Waals surface area contributed by atoms with E-state index in [-0.39, 0.29) is 22.8 Å². The molecule has 1 aromatic heterocycles. The van der Waals surface area contributed by atoms with Crippen molar-refractivity contribution in [1.29, 1.82) is 0 Å². The summed E-state index contributed by atoms with van der Waals surface area (Å²) in [5.41, 5.74) is 0.353. The van der Waals surface area contributed by atoms with Crippen LogP contribution in [0.5, 0.6) is 5.88 Å².